The highest BCUT2D eigenvalue weighted by molar-refractivity contribution is 9.10. The molecule has 0 aliphatic rings. The molecule has 0 saturated carbocycles. The number of aliphatic hydroxyl groups excluding tert-OH is 1. The Morgan fingerprint density at radius 3 is 2.86 bits per heavy atom. The molecule has 0 aromatic heterocycles. The van der Waals surface area contributed by atoms with E-state index in [0.717, 1.165) is 15.6 Å². The quantitative estimate of drug-likeness (QED) is 0.823. The third kappa shape index (κ3) is 2.84. The molecular weight excluding hydrogens is 263 g/mol. The van der Waals surface area contributed by atoms with Gasteiger partial charge in [-0.25, -0.2) is 0 Å². The van der Waals surface area contributed by atoms with E-state index in [9.17, 15) is 5.11 Å². The van der Waals surface area contributed by atoms with Crippen LogP contribution in [0.4, 0.5) is 0 Å². The lowest BCUT2D eigenvalue weighted by molar-refractivity contribution is 0.178. The molecule has 0 heterocycles. The first-order valence-corrected chi connectivity index (χ1v) is 5.46. The fourth-order valence-electron chi connectivity index (χ4n) is 1.22. The topological polar surface area (TPSA) is 20.2 Å². The van der Waals surface area contributed by atoms with E-state index in [4.69, 9.17) is 11.6 Å². The zero-order chi connectivity index (χ0) is 10.7. The highest BCUT2D eigenvalue weighted by atomic mass is 79.9. The fourth-order valence-corrected chi connectivity index (χ4v) is 1.85. The highest BCUT2D eigenvalue weighted by Gasteiger charge is 2.12. The molecule has 1 N–H and O–H groups in total. The minimum Gasteiger partial charge on any atom is -0.388 e. The summed E-state index contributed by atoms with van der Waals surface area (Å²) in [6, 6.07) is 5.52. The van der Waals surface area contributed by atoms with E-state index in [2.05, 4.69) is 22.5 Å². The number of benzene rings is 1. The summed E-state index contributed by atoms with van der Waals surface area (Å²) < 4.78 is 0.803. The average molecular weight is 276 g/mol. The maximum atomic E-state index is 9.83. The van der Waals surface area contributed by atoms with Crippen molar-refractivity contribution in [2.24, 2.45) is 0 Å². The summed E-state index contributed by atoms with van der Waals surface area (Å²) in [7, 11) is 0. The molecule has 0 spiro atoms. The van der Waals surface area contributed by atoms with Crippen LogP contribution in [0.15, 0.2) is 34.8 Å². The molecule has 0 aliphatic carbocycles. The van der Waals surface area contributed by atoms with E-state index in [1.54, 1.807) is 0 Å². The van der Waals surface area contributed by atoms with Gasteiger partial charge in [-0.2, -0.15) is 0 Å². The number of hydrogen-bond donors (Lipinski definition) is 1. The lowest BCUT2D eigenvalue weighted by Crippen LogP contribution is -1.98. The van der Waals surface area contributed by atoms with Gasteiger partial charge in [0.15, 0.2) is 0 Å². The Balaban J connectivity index is 2.95. The number of aliphatic hydroxyl groups is 1. The van der Waals surface area contributed by atoms with Gasteiger partial charge in [0.05, 0.1) is 11.1 Å². The summed E-state index contributed by atoms with van der Waals surface area (Å²) in [5.74, 6) is 0. The van der Waals surface area contributed by atoms with Gasteiger partial charge < -0.3 is 5.11 Å². The lowest BCUT2D eigenvalue weighted by atomic mass is 10.0. The molecule has 0 fully saturated rings. The van der Waals surface area contributed by atoms with E-state index < -0.39 is 6.10 Å². The molecule has 1 nitrogen and oxygen atoms in total. The van der Waals surface area contributed by atoms with Crippen LogP contribution in [0.5, 0.6) is 0 Å². The highest BCUT2D eigenvalue weighted by Crippen LogP contribution is 2.32. The molecule has 0 amide bonds. The summed E-state index contributed by atoms with van der Waals surface area (Å²) in [6.07, 6.45) is -0.0339. The Morgan fingerprint density at radius 1 is 1.64 bits per heavy atom. The van der Waals surface area contributed by atoms with Crippen LogP contribution in [0.2, 0.25) is 5.02 Å². The molecule has 1 aromatic carbocycles. The number of halogens is 2. The summed E-state index contributed by atoms with van der Waals surface area (Å²) >= 11 is 9.35. The van der Waals surface area contributed by atoms with Crippen LogP contribution in [0.3, 0.4) is 0 Å². The molecule has 1 unspecified atom stereocenters. The van der Waals surface area contributed by atoms with Crippen LogP contribution in [0.25, 0.3) is 0 Å². The second-order valence-corrected chi connectivity index (χ2v) is 4.55. The van der Waals surface area contributed by atoms with Gasteiger partial charge in [-0.1, -0.05) is 29.3 Å². The predicted molar refractivity (Wildman–Crippen MR) is 63.5 cm³/mol. The Morgan fingerprint density at radius 2 is 2.29 bits per heavy atom. The van der Waals surface area contributed by atoms with Crippen LogP contribution in [-0.2, 0) is 0 Å². The van der Waals surface area contributed by atoms with Crippen molar-refractivity contribution in [1.82, 2.24) is 0 Å². The second-order valence-electron chi connectivity index (χ2n) is 3.32. The summed E-state index contributed by atoms with van der Waals surface area (Å²) in [6.45, 7) is 5.64. The third-order valence-corrected chi connectivity index (χ3v) is 3.19. The summed E-state index contributed by atoms with van der Waals surface area (Å²) in [5.41, 5.74) is 1.68. The van der Waals surface area contributed by atoms with Crippen LogP contribution in [0.1, 0.15) is 25.0 Å². The van der Waals surface area contributed by atoms with Gasteiger partial charge in [0.2, 0.25) is 0 Å². The number of hydrogen-bond acceptors (Lipinski definition) is 1. The van der Waals surface area contributed by atoms with E-state index in [-0.39, 0.29) is 0 Å². The molecule has 0 radical (unpaired) electrons. The van der Waals surface area contributed by atoms with Crippen molar-refractivity contribution >= 4 is 27.5 Å². The molecule has 1 atom stereocenters. The zero-order valence-corrected chi connectivity index (χ0v) is 10.3. The van der Waals surface area contributed by atoms with Crippen LogP contribution >= 0.6 is 27.5 Å². The van der Waals surface area contributed by atoms with E-state index in [1.165, 1.54) is 0 Å². The molecule has 1 rings (SSSR count). The van der Waals surface area contributed by atoms with Gasteiger partial charge in [-0.15, -0.1) is 6.58 Å². The van der Waals surface area contributed by atoms with Gasteiger partial charge in [0.1, 0.15) is 0 Å². The minimum absolute atomic E-state index is 0.538. The maximum Gasteiger partial charge on any atom is 0.0841 e. The molecule has 0 aliphatic heterocycles. The van der Waals surface area contributed by atoms with E-state index >= 15 is 0 Å². The van der Waals surface area contributed by atoms with E-state index in [1.807, 2.05) is 25.1 Å². The molecule has 0 saturated heterocycles. The largest absolute Gasteiger partial charge is 0.388 e. The minimum atomic E-state index is -0.572. The predicted octanol–water partition coefficient (Wildman–Crippen LogP) is 4.10. The first-order valence-electron chi connectivity index (χ1n) is 4.28. The van der Waals surface area contributed by atoms with Crippen LogP contribution < -0.4 is 0 Å². The van der Waals surface area contributed by atoms with Crippen LogP contribution in [-0.4, -0.2) is 5.11 Å². The molecule has 3 heteroatoms. The fraction of sp³-hybridized carbons (Fsp3) is 0.273. The zero-order valence-electron chi connectivity index (χ0n) is 7.93. The Kier molecular flexibility index (Phi) is 4.17. The van der Waals surface area contributed by atoms with Crippen molar-refractivity contribution in [3.05, 3.63) is 45.4 Å². The van der Waals surface area contributed by atoms with Gasteiger partial charge in [-0.05, 0) is 35.3 Å². The van der Waals surface area contributed by atoms with Crippen molar-refractivity contribution < 1.29 is 5.11 Å². The van der Waals surface area contributed by atoms with E-state index in [0.29, 0.717) is 11.4 Å². The maximum absolute atomic E-state index is 9.83. The van der Waals surface area contributed by atoms with Crippen molar-refractivity contribution in [3.8, 4) is 0 Å². The van der Waals surface area contributed by atoms with Crippen molar-refractivity contribution in [3.63, 3.8) is 0 Å². The Labute approximate surface area is 97.5 Å². The summed E-state index contributed by atoms with van der Waals surface area (Å²) in [5, 5.41) is 10.4. The van der Waals surface area contributed by atoms with Gasteiger partial charge >= 0.3 is 0 Å². The molecule has 76 valence electrons. The first kappa shape index (κ1) is 11.8. The lowest BCUT2D eigenvalue weighted by Gasteiger charge is -2.13. The van der Waals surface area contributed by atoms with Gasteiger partial charge in [0, 0.05) is 10.0 Å². The van der Waals surface area contributed by atoms with Gasteiger partial charge in [-0.3, -0.25) is 0 Å². The number of rotatable bonds is 3. The van der Waals surface area contributed by atoms with Crippen molar-refractivity contribution in [2.45, 2.75) is 19.4 Å². The first-order chi connectivity index (χ1) is 6.52. The SMILES string of the molecule is C=C(C)CC(O)c1cccc(Br)c1Cl. The van der Waals surface area contributed by atoms with Crippen molar-refractivity contribution in [2.75, 3.05) is 0 Å². The Bertz CT molecular complexity index is 349. The molecule has 14 heavy (non-hydrogen) atoms. The summed E-state index contributed by atoms with van der Waals surface area (Å²) in [4.78, 5) is 0. The molecule has 0 bridgehead atoms. The normalized spacial score (nSPS) is 12.6. The standard InChI is InChI=1S/C11H12BrClO/c1-7(2)6-10(14)8-4-3-5-9(12)11(8)13/h3-5,10,14H,1,6H2,2H3. The Hall–Kier alpha value is -0.310. The van der Waals surface area contributed by atoms with Crippen molar-refractivity contribution in [1.29, 1.82) is 0 Å². The van der Waals surface area contributed by atoms with Crippen LogP contribution in [0, 0.1) is 0 Å². The smallest absolute Gasteiger partial charge is 0.0841 e. The molecule has 1 aromatic rings. The monoisotopic (exact) mass is 274 g/mol. The third-order valence-electron chi connectivity index (χ3n) is 1.88. The second kappa shape index (κ2) is 4.96. The average Bonchev–Trinajstić information content (AvgIpc) is 2.08. The molecular formula is C11H12BrClO. The van der Waals surface area contributed by atoms with Gasteiger partial charge in [0.25, 0.3) is 0 Å².